The lowest BCUT2D eigenvalue weighted by Crippen LogP contribution is -2.25. The summed E-state index contributed by atoms with van der Waals surface area (Å²) >= 11 is 0. The predicted octanol–water partition coefficient (Wildman–Crippen LogP) is 2.02. The molecule has 8 nitrogen and oxygen atoms in total. The summed E-state index contributed by atoms with van der Waals surface area (Å²) in [7, 11) is 0. The zero-order valence-electron chi connectivity index (χ0n) is 16.9. The smallest absolute Gasteiger partial charge is 0.300 e. The second-order valence-corrected chi connectivity index (χ2v) is 6.72. The third-order valence-electron chi connectivity index (χ3n) is 4.33. The number of nitrogens with one attached hydrogen (secondary N) is 1. The summed E-state index contributed by atoms with van der Waals surface area (Å²) < 4.78 is 5.46. The van der Waals surface area contributed by atoms with Crippen molar-refractivity contribution in [3.63, 3.8) is 0 Å². The number of fused-ring (bicyclic) bond motifs is 1. The quantitative estimate of drug-likeness (QED) is 0.677. The molecule has 0 aliphatic heterocycles. The highest BCUT2D eigenvalue weighted by molar-refractivity contribution is 5.94. The Balaban J connectivity index is 0.000000687. The topological polar surface area (TPSA) is 127 Å². The molecule has 2 aromatic rings. The van der Waals surface area contributed by atoms with Crippen LogP contribution in [-0.2, 0) is 24.2 Å². The summed E-state index contributed by atoms with van der Waals surface area (Å²) in [6.07, 6.45) is 4.43. The Morgan fingerprint density at radius 1 is 1.24 bits per heavy atom. The van der Waals surface area contributed by atoms with Gasteiger partial charge >= 0.3 is 0 Å². The minimum Gasteiger partial charge on any atom is -0.492 e. The largest absolute Gasteiger partial charge is 0.492 e. The van der Waals surface area contributed by atoms with Crippen LogP contribution in [0.2, 0.25) is 0 Å². The standard InChI is InChI=1S/C19H24N4O2.C2H4O2/c1-13-16-7-2-3-8-17(16)23-18(22-13)12-21-19(24)14-5-4-6-15(11-14)25-10-9-20;1-2(3)4/h4-6,11H,2-3,7-10,12,20H2,1H3,(H,21,24);1H3,(H,3,4). The first-order valence-corrected chi connectivity index (χ1v) is 9.66. The number of aryl methyl sites for hydroxylation is 2. The number of amides is 1. The van der Waals surface area contributed by atoms with Gasteiger partial charge in [-0.2, -0.15) is 0 Å². The normalized spacial score (nSPS) is 12.2. The molecule has 0 unspecified atom stereocenters. The Morgan fingerprint density at radius 2 is 1.97 bits per heavy atom. The molecule has 29 heavy (non-hydrogen) atoms. The monoisotopic (exact) mass is 400 g/mol. The lowest BCUT2D eigenvalue weighted by molar-refractivity contribution is -0.134. The van der Waals surface area contributed by atoms with E-state index in [2.05, 4.69) is 15.3 Å². The van der Waals surface area contributed by atoms with Gasteiger partial charge < -0.3 is 20.9 Å². The van der Waals surface area contributed by atoms with Crippen LogP contribution in [0.4, 0.5) is 0 Å². The molecule has 156 valence electrons. The molecule has 0 radical (unpaired) electrons. The number of aliphatic carboxylic acids is 1. The molecule has 1 aliphatic carbocycles. The molecule has 0 saturated heterocycles. The van der Waals surface area contributed by atoms with Crippen LogP contribution in [0, 0.1) is 6.92 Å². The SMILES string of the molecule is CC(=O)O.Cc1nc(CNC(=O)c2cccc(OCCN)c2)nc2c1CCCC2. The molecule has 8 heteroatoms. The van der Waals surface area contributed by atoms with Gasteiger partial charge in [-0.15, -0.1) is 0 Å². The number of hydrogen-bond acceptors (Lipinski definition) is 6. The van der Waals surface area contributed by atoms with E-state index in [0.717, 1.165) is 31.2 Å². The number of carboxylic acids is 1. The fraction of sp³-hybridized carbons (Fsp3) is 0.429. The maximum atomic E-state index is 12.4. The Hall–Kier alpha value is -3.00. The zero-order chi connectivity index (χ0) is 21.2. The second-order valence-electron chi connectivity index (χ2n) is 6.72. The van der Waals surface area contributed by atoms with Crippen LogP contribution in [-0.4, -0.2) is 40.1 Å². The van der Waals surface area contributed by atoms with Gasteiger partial charge in [-0.3, -0.25) is 9.59 Å². The predicted molar refractivity (Wildman–Crippen MR) is 109 cm³/mol. The first kappa shape index (κ1) is 22.3. The molecule has 0 fully saturated rings. The number of nitrogens with two attached hydrogens (primary N) is 1. The molecule has 0 spiro atoms. The van der Waals surface area contributed by atoms with Gasteiger partial charge in [0.1, 0.15) is 18.2 Å². The first-order chi connectivity index (χ1) is 13.9. The Morgan fingerprint density at radius 3 is 2.69 bits per heavy atom. The third kappa shape index (κ3) is 7.15. The highest BCUT2D eigenvalue weighted by atomic mass is 16.5. The molecule has 4 N–H and O–H groups in total. The van der Waals surface area contributed by atoms with Crippen LogP contribution >= 0.6 is 0 Å². The van der Waals surface area contributed by atoms with E-state index in [0.29, 0.717) is 36.8 Å². The summed E-state index contributed by atoms with van der Waals surface area (Å²) in [6, 6.07) is 7.07. The van der Waals surface area contributed by atoms with Crippen molar-refractivity contribution >= 4 is 11.9 Å². The number of ether oxygens (including phenoxy) is 1. The molecule has 1 amide bonds. The molecule has 0 atom stereocenters. The fourth-order valence-electron chi connectivity index (χ4n) is 3.09. The van der Waals surface area contributed by atoms with Crippen molar-refractivity contribution < 1.29 is 19.4 Å². The Kier molecular flexibility index (Phi) is 8.54. The number of carboxylic acid groups (broad SMARTS) is 1. The first-order valence-electron chi connectivity index (χ1n) is 9.66. The number of rotatable bonds is 6. The summed E-state index contributed by atoms with van der Waals surface area (Å²) in [6.45, 7) is 4.29. The van der Waals surface area contributed by atoms with Gasteiger partial charge in [-0.1, -0.05) is 6.07 Å². The lowest BCUT2D eigenvalue weighted by atomic mass is 9.95. The molecule has 1 aromatic carbocycles. The number of aromatic nitrogens is 2. The van der Waals surface area contributed by atoms with Crippen molar-refractivity contribution in [3.05, 3.63) is 52.6 Å². The van der Waals surface area contributed by atoms with Gasteiger partial charge in [0.2, 0.25) is 0 Å². The Bertz CT molecular complexity index is 851. The molecule has 1 aromatic heterocycles. The van der Waals surface area contributed by atoms with Crippen molar-refractivity contribution in [2.24, 2.45) is 5.73 Å². The highest BCUT2D eigenvalue weighted by Crippen LogP contribution is 2.21. The number of benzene rings is 1. The maximum Gasteiger partial charge on any atom is 0.300 e. The molecular weight excluding hydrogens is 372 g/mol. The van der Waals surface area contributed by atoms with E-state index in [4.69, 9.17) is 20.4 Å². The summed E-state index contributed by atoms with van der Waals surface area (Å²) in [5.41, 5.74) is 9.43. The van der Waals surface area contributed by atoms with E-state index in [1.165, 1.54) is 18.4 Å². The third-order valence-corrected chi connectivity index (χ3v) is 4.33. The van der Waals surface area contributed by atoms with Crippen LogP contribution in [0.3, 0.4) is 0 Å². The average Bonchev–Trinajstić information content (AvgIpc) is 2.70. The summed E-state index contributed by atoms with van der Waals surface area (Å²) in [5.74, 6) is 0.304. The minimum atomic E-state index is -0.833. The highest BCUT2D eigenvalue weighted by Gasteiger charge is 2.16. The van der Waals surface area contributed by atoms with Gasteiger partial charge in [-0.25, -0.2) is 9.97 Å². The van der Waals surface area contributed by atoms with Crippen LogP contribution in [0.15, 0.2) is 24.3 Å². The molecule has 1 aliphatic rings. The minimum absolute atomic E-state index is 0.169. The number of nitrogens with zero attached hydrogens (tertiary/aromatic N) is 2. The van der Waals surface area contributed by atoms with Crippen LogP contribution in [0.5, 0.6) is 5.75 Å². The van der Waals surface area contributed by atoms with Crippen LogP contribution < -0.4 is 15.8 Å². The van der Waals surface area contributed by atoms with Crippen LogP contribution in [0.25, 0.3) is 0 Å². The fourth-order valence-corrected chi connectivity index (χ4v) is 3.09. The summed E-state index contributed by atoms with van der Waals surface area (Å²) in [5, 5.41) is 10.3. The van der Waals surface area contributed by atoms with Gasteiger partial charge in [-0.05, 0) is 56.4 Å². The molecule has 0 bridgehead atoms. The van der Waals surface area contributed by atoms with E-state index in [1.807, 2.05) is 13.0 Å². The van der Waals surface area contributed by atoms with E-state index in [1.54, 1.807) is 18.2 Å². The number of carbonyl (C=O) groups is 2. The van der Waals surface area contributed by atoms with Crippen LogP contribution in [0.1, 0.15) is 52.9 Å². The van der Waals surface area contributed by atoms with Gasteiger partial charge in [0.15, 0.2) is 0 Å². The van der Waals surface area contributed by atoms with Crippen molar-refractivity contribution in [3.8, 4) is 5.75 Å². The average molecular weight is 400 g/mol. The van der Waals surface area contributed by atoms with Crippen molar-refractivity contribution in [2.45, 2.75) is 46.1 Å². The maximum absolute atomic E-state index is 12.4. The summed E-state index contributed by atoms with van der Waals surface area (Å²) in [4.78, 5) is 30.5. The van der Waals surface area contributed by atoms with E-state index in [-0.39, 0.29) is 5.91 Å². The van der Waals surface area contributed by atoms with E-state index < -0.39 is 5.97 Å². The van der Waals surface area contributed by atoms with E-state index in [9.17, 15) is 4.79 Å². The molecule has 3 rings (SSSR count). The van der Waals surface area contributed by atoms with Gasteiger partial charge in [0.25, 0.3) is 11.9 Å². The lowest BCUT2D eigenvalue weighted by Gasteiger charge is -2.17. The van der Waals surface area contributed by atoms with E-state index >= 15 is 0 Å². The van der Waals surface area contributed by atoms with Crippen molar-refractivity contribution in [1.82, 2.24) is 15.3 Å². The zero-order valence-corrected chi connectivity index (χ0v) is 16.9. The van der Waals surface area contributed by atoms with Gasteiger partial charge in [0.05, 0.1) is 6.54 Å². The molecule has 1 heterocycles. The van der Waals surface area contributed by atoms with Crippen molar-refractivity contribution in [1.29, 1.82) is 0 Å². The van der Waals surface area contributed by atoms with Crippen molar-refractivity contribution in [2.75, 3.05) is 13.2 Å². The Labute approximate surface area is 170 Å². The molecule has 0 saturated carbocycles. The number of hydrogen-bond donors (Lipinski definition) is 3. The van der Waals surface area contributed by atoms with Gasteiger partial charge in [0, 0.05) is 30.4 Å². The molecular formula is C21H28N4O4. The number of carbonyl (C=O) groups excluding carboxylic acids is 1. The second kappa shape index (κ2) is 11.1.